The summed E-state index contributed by atoms with van der Waals surface area (Å²) in [6, 6.07) is 4.30. The zero-order valence-electron chi connectivity index (χ0n) is 37.8. The van der Waals surface area contributed by atoms with Crippen LogP contribution in [0.25, 0.3) is 11.1 Å². The van der Waals surface area contributed by atoms with Gasteiger partial charge in [0.15, 0.2) is 5.78 Å². The molecule has 0 fully saturated rings. The summed E-state index contributed by atoms with van der Waals surface area (Å²) in [5.74, 6) is -2.42. The van der Waals surface area contributed by atoms with Gasteiger partial charge in [0.2, 0.25) is 33.7 Å². The van der Waals surface area contributed by atoms with E-state index in [2.05, 4.69) is 27.6 Å². The number of hydrogen-bond acceptors (Lipinski definition) is 12. The van der Waals surface area contributed by atoms with E-state index in [4.69, 9.17) is 26.7 Å². The minimum atomic E-state index is -3.92. The molecule has 352 valence electrons. The number of ketones is 1. The second kappa shape index (κ2) is 26.9. The zero-order valence-corrected chi connectivity index (χ0v) is 38.7. The zero-order chi connectivity index (χ0) is 46.5. The molecule has 5 atom stereocenters. The topological polar surface area (TPSA) is 267 Å². The van der Waals surface area contributed by atoms with Gasteiger partial charge in [-0.1, -0.05) is 70.4 Å². The van der Waals surface area contributed by atoms with Crippen molar-refractivity contribution in [1.82, 2.24) is 25.6 Å². The van der Waals surface area contributed by atoms with Crippen LogP contribution in [0, 0.1) is 0 Å². The molecule has 17 nitrogen and oxygen atoms in total. The molecule has 3 rings (SSSR count). The average molecular weight is 901 g/mol. The highest BCUT2D eigenvalue weighted by Crippen LogP contribution is 2.40. The van der Waals surface area contributed by atoms with Gasteiger partial charge in [0.05, 0.1) is 11.8 Å². The number of unbranched alkanes of at least 4 members (excludes halogenated alkanes) is 8. The van der Waals surface area contributed by atoms with Crippen molar-refractivity contribution in [2.75, 3.05) is 45.6 Å². The van der Waals surface area contributed by atoms with Gasteiger partial charge in [0.25, 0.3) is 0 Å². The average Bonchev–Trinajstić information content (AvgIpc) is 3.24. The second-order valence-electron chi connectivity index (χ2n) is 16.3. The Morgan fingerprint density at radius 1 is 0.825 bits per heavy atom. The highest BCUT2D eigenvalue weighted by Gasteiger charge is 2.37. The molecule has 0 saturated carbocycles. The van der Waals surface area contributed by atoms with Crippen molar-refractivity contribution >= 4 is 39.4 Å². The van der Waals surface area contributed by atoms with Crippen LogP contribution in [-0.4, -0.2) is 113 Å². The first-order valence-corrected chi connectivity index (χ1v) is 24.0. The Balaban J connectivity index is 2.15. The Kier molecular flexibility index (Phi) is 22.5. The predicted octanol–water partition coefficient (Wildman–Crippen LogP) is 2.73. The molecule has 2 aromatic carbocycles. The third-order valence-corrected chi connectivity index (χ3v) is 12.5. The number of carbonyl (C=O) groups is 5. The monoisotopic (exact) mass is 901 g/mol. The fourth-order valence-corrected chi connectivity index (χ4v) is 8.65. The molecule has 4 bridgehead atoms. The molecule has 4 amide bonds. The number of fused-ring (bicyclic) bond motifs is 5. The molecule has 0 aromatic heterocycles. The molecule has 0 radical (unpaired) electrons. The summed E-state index contributed by atoms with van der Waals surface area (Å²) >= 11 is 0. The van der Waals surface area contributed by atoms with Crippen molar-refractivity contribution in [3.8, 4) is 22.6 Å². The number of sulfonamides is 1. The Bertz CT molecular complexity index is 1930. The highest BCUT2D eigenvalue weighted by molar-refractivity contribution is 7.89. The number of ether oxygens (including phenoxy) is 2. The summed E-state index contributed by atoms with van der Waals surface area (Å²) in [6.07, 6.45) is 8.83. The van der Waals surface area contributed by atoms with Crippen LogP contribution in [0.1, 0.15) is 115 Å². The normalized spacial score (nSPS) is 17.7. The first kappa shape index (κ1) is 52.7. The lowest BCUT2D eigenvalue weighted by Gasteiger charge is -2.32. The Labute approximate surface area is 373 Å². The van der Waals surface area contributed by atoms with Gasteiger partial charge in [-0.2, -0.15) is 0 Å². The van der Waals surface area contributed by atoms with E-state index in [1.54, 1.807) is 36.4 Å². The van der Waals surface area contributed by atoms with Crippen molar-refractivity contribution in [1.29, 1.82) is 0 Å². The minimum absolute atomic E-state index is 0.00786. The lowest BCUT2D eigenvalue weighted by molar-refractivity contribution is -0.141. The second-order valence-corrected chi connectivity index (χ2v) is 18.2. The summed E-state index contributed by atoms with van der Waals surface area (Å²) in [6.45, 7) is 7.48. The summed E-state index contributed by atoms with van der Waals surface area (Å²) in [7, 11) is -2.51. The van der Waals surface area contributed by atoms with Gasteiger partial charge in [-0.25, -0.2) is 13.1 Å². The maximum Gasteiger partial charge on any atom is 0.248 e. The van der Waals surface area contributed by atoms with Crippen molar-refractivity contribution in [3.63, 3.8) is 0 Å². The van der Waals surface area contributed by atoms with E-state index in [-0.39, 0.29) is 50.7 Å². The number of Topliss-reactive ketones (excluding diaryl/α,β-unsaturated/α-hetero) is 1. The number of carbonyl (C=O) groups excluding carboxylic acids is 5. The lowest BCUT2D eigenvalue weighted by Crippen LogP contribution is -2.56. The van der Waals surface area contributed by atoms with Gasteiger partial charge < -0.3 is 47.5 Å². The van der Waals surface area contributed by atoms with Crippen LogP contribution in [0.2, 0.25) is 0 Å². The van der Waals surface area contributed by atoms with Crippen LogP contribution in [0.4, 0.5) is 0 Å². The molecule has 1 aliphatic rings. The number of nitrogens with zero attached hydrogens (tertiary/aromatic N) is 1. The number of likely N-dealkylation sites (N-methyl/N-ethyl adjacent to an activating group) is 1. The third kappa shape index (κ3) is 16.8. The van der Waals surface area contributed by atoms with E-state index in [9.17, 15) is 32.4 Å². The quantitative estimate of drug-likeness (QED) is 0.0673. The van der Waals surface area contributed by atoms with Crippen LogP contribution in [0.5, 0.6) is 11.5 Å². The molecule has 0 saturated heterocycles. The molecule has 0 spiro atoms. The van der Waals surface area contributed by atoms with Crippen molar-refractivity contribution in [2.45, 2.75) is 135 Å². The Hall–Kier alpha value is -4.62. The molecule has 63 heavy (non-hydrogen) atoms. The highest BCUT2D eigenvalue weighted by atomic mass is 32.2. The van der Waals surface area contributed by atoms with E-state index >= 15 is 0 Å². The first-order valence-electron chi connectivity index (χ1n) is 22.4. The molecule has 0 unspecified atom stereocenters. The smallest absolute Gasteiger partial charge is 0.248 e. The maximum absolute atomic E-state index is 14.6. The standard InChI is InChI=1S/C45H72N8O9S/c1-6-7-8-9-10-11-12-15-26-63(59,60)52-37(16-13-14-21-46)45(58)53(5)41-34-18-20-40(62-25-23-48)36(29-34)35-27-33(17-19-39(35)61-24-22-47)28-38(43(56)49-30(2)32(4)54)51-42(55)31(3)50-44(41)57/h17-20,27,29-31,37-38,41,52H,6-16,21-26,28,46-48H2,1-5H3,(H,49,56)(H,50,57)(H,51,55)/t30-,31-,37-,38-,41-/m0/s1. The summed E-state index contributed by atoms with van der Waals surface area (Å²) in [4.78, 5) is 69.9. The van der Waals surface area contributed by atoms with Crippen LogP contribution in [-0.2, 0) is 40.4 Å². The molecular weight excluding hydrogens is 829 g/mol. The van der Waals surface area contributed by atoms with Gasteiger partial charge in [-0.15, -0.1) is 0 Å². The summed E-state index contributed by atoms with van der Waals surface area (Å²) in [5, 5.41) is 8.11. The number of nitrogens with one attached hydrogen (secondary N) is 4. The van der Waals surface area contributed by atoms with Gasteiger partial charge in [-0.05, 0) is 82.0 Å². The lowest BCUT2D eigenvalue weighted by atomic mass is 9.93. The number of hydrogen-bond donors (Lipinski definition) is 7. The van der Waals surface area contributed by atoms with Crippen LogP contribution in [0.15, 0.2) is 36.4 Å². The van der Waals surface area contributed by atoms with Crippen LogP contribution < -0.4 is 47.3 Å². The Morgan fingerprint density at radius 2 is 1.43 bits per heavy atom. The largest absolute Gasteiger partial charge is 0.492 e. The Morgan fingerprint density at radius 3 is 2.03 bits per heavy atom. The minimum Gasteiger partial charge on any atom is -0.492 e. The van der Waals surface area contributed by atoms with Crippen molar-refractivity contribution in [2.24, 2.45) is 17.2 Å². The number of benzene rings is 2. The van der Waals surface area contributed by atoms with E-state index in [0.29, 0.717) is 59.6 Å². The summed E-state index contributed by atoms with van der Waals surface area (Å²) in [5.41, 5.74) is 19.3. The van der Waals surface area contributed by atoms with E-state index < -0.39 is 63.9 Å². The van der Waals surface area contributed by atoms with E-state index in [1.807, 2.05) is 0 Å². The van der Waals surface area contributed by atoms with Crippen molar-refractivity contribution < 1.29 is 41.9 Å². The molecule has 0 aliphatic carbocycles. The van der Waals surface area contributed by atoms with Crippen LogP contribution in [0.3, 0.4) is 0 Å². The van der Waals surface area contributed by atoms with Crippen molar-refractivity contribution in [3.05, 3.63) is 47.5 Å². The fourth-order valence-electron chi connectivity index (χ4n) is 7.30. The first-order chi connectivity index (χ1) is 30.1. The number of rotatable bonds is 26. The molecular formula is C45H72N8O9S. The van der Waals surface area contributed by atoms with Crippen LogP contribution >= 0.6 is 0 Å². The van der Waals surface area contributed by atoms with E-state index in [0.717, 1.165) is 38.5 Å². The molecule has 10 N–H and O–H groups in total. The third-order valence-electron chi connectivity index (χ3n) is 11.0. The van der Waals surface area contributed by atoms with Gasteiger partial charge in [-0.3, -0.25) is 24.0 Å². The SMILES string of the molecule is CCCCCCCCCCS(=O)(=O)N[C@@H](CCCCN)C(=O)N(C)[C@@H]1C(=O)N[C@@H](C)C(=O)N[C@H](C(=O)N[C@@H](C)C(C)=O)Cc2ccc(OCCN)c(c2)-c2cc1ccc2OCCN. The predicted molar refractivity (Wildman–Crippen MR) is 244 cm³/mol. The molecule has 18 heteroatoms. The fraction of sp³-hybridized carbons (Fsp3) is 0.622. The molecule has 1 aliphatic heterocycles. The van der Waals surface area contributed by atoms with E-state index in [1.165, 1.54) is 39.1 Å². The summed E-state index contributed by atoms with van der Waals surface area (Å²) < 4.78 is 41.9. The molecule has 1 heterocycles. The molecule has 2 aromatic rings. The van der Waals surface area contributed by atoms with Gasteiger partial charge in [0, 0.05) is 37.7 Å². The number of nitrogens with two attached hydrogens (primary N) is 3. The maximum atomic E-state index is 14.6. The van der Waals surface area contributed by atoms with Gasteiger partial charge in [0.1, 0.15) is 48.9 Å². The van der Waals surface area contributed by atoms with Gasteiger partial charge >= 0.3 is 0 Å². The number of amides is 4.